The molecular weight excluding hydrogens is 896 g/mol. The zero-order valence-electron chi connectivity index (χ0n) is 35.5. The zero-order chi connectivity index (χ0) is 42.9. The minimum Gasteiger partial charge on any atom is -0.386 e. The van der Waals surface area contributed by atoms with Crippen molar-refractivity contribution in [2.75, 3.05) is 0 Å². The van der Waals surface area contributed by atoms with E-state index in [4.69, 9.17) is 9.98 Å². The Morgan fingerprint density at radius 1 is 0.349 bits per heavy atom. The second-order valence-electron chi connectivity index (χ2n) is 15.1. The van der Waals surface area contributed by atoms with Gasteiger partial charge in [0.1, 0.15) is 44.0 Å². The number of benzene rings is 8. The van der Waals surface area contributed by atoms with Crippen molar-refractivity contribution in [1.82, 2.24) is 0 Å². The largest absolute Gasteiger partial charge is 0.386 e. The summed E-state index contributed by atoms with van der Waals surface area (Å²) in [5, 5.41) is 29.4. The second kappa shape index (κ2) is 24.4. The molecule has 4 atom stereocenters. The SMILES string of the molecule is CC(N=Cc1ccccc1[PH+](c1ccccc1)c1ccccc1)C(O)c1ccccc1.CC(N=Cc1ccccc1[PH+](c1ccccc1)c1ccccc1)C(O)c1ccccc1.[Ru]. The first-order valence-corrected chi connectivity index (χ1v) is 24.1. The Labute approximate surface area is 388 Å². The molecule has 0 aliphatic carbocycles. The summed E-state index contributed by atoms with van der Waals surface area (Å²) in [5.41, 5.74) is 3.99. The molecule has 4 unspecified atom stereocenters. The van der Waals surface area contributed by atoms with E-state index in [1.165, 1.54) is 31.8 Å². The Kier molecular flexibility index (Phi) is 18.2. The van der Waals surface area contributed by atoms with E-state index in [-0.39, 0.29) is 31.6 Å². The van der Waals surface area contributed by atoms with E-state index in [0.717, 1.165) is 22.3 Å². The molecule has 0 saturated heterocycles. The van der Waals surface area contributed by atoms with Crippen molar-refractivity contribution < 1.29 is 29.7 Å². The number of aliphatic hydroxyl groups excluding tert-OH is 2. The summed E-state index contributed by atoms with van der Waals surface area (Å²) in [7, 11) is -2.36. The fraction of sp³-hybridized carbons (Fsp3) is 0.107. The van der Waals surface area contributed by atoms with Crippen LogP contribution in [0.5, 0.6) is 0 Å². The summed E-state index contributed by atoms with van der Waals surface area (Å²) in [6.45, 7) is 3.91. The molecule has 0 saturated carbocycles. The molecule has 4 nitrogen and oxygen atoms in total. The standard InChI is InChI=1S/2C28H26NOP.Ru/c2*1-22(28(30)23-13-5-2-6-14-23)29-21-24-15-11-12-20-27(24)31(25-16-7-3-8-17-25)26-18-9-4-10-19-26;/h2*2-22,28,30H,1H3;/p+2. The predicted molar refractivity (Wildman–Crippen MR) is 270 cm³/mol. The third-order valence-electron chi connectivity index (χ3n) is 10.8. The average Bonchev–Trinajstić information content (AvgIpc) is 3.35. The van der Waals surface area contributed by atoms with E-state index in [0.29, 0.717) is 0 Å². The van der Waals surface area contributed by atoms with Crippen molar-refractivity contribution in [2.24, 2.45) is 9.98 Å². The van der Waals surface area contributed by atoms with E-state index in [1.807, 2.05) is 86.9 Å². The molecule has 8 rings (SSSR count). The Hall–Kier alpha value is -5.50. The van der Waals surface area contributed by atoms with Crippen LogP contribution in [0.1, 0.15) is 48.3 Å². The quantitative estimate of drug-likeness (QED) is 0.0649. The number of aliphatic hydroxyl groups is 2. The van der Waals surface area contributed by atoms with Gasteiger partial charge < -0.3 is 10.2 Å². The summed E-state index contributed by atoms with van der Waals surface area (Å²) < 4.78 is 0. The number of rotatable bonds is 14. The molecule has 316 valence electrons. The van der Waals surface area contributed by atoms with E-state index >= 15 is 0 Å². The smallest absolute Gasteiger partial charge is 0.111 e. The van der Waals surface area contributed by atoms with Crippen LogP contribution < -0.4 is 31.8 Å². The van der Waals surface area contributed by atoms with Crippen LogP contribution in [0.4, 0.5) is 0 Å². The van der Waals surface area contributed by atoms with Gasteiger partial charge in [-0.05, 0) is 97.8 Å². The van der Waals surface area contributed by atoms with Crippen molar-refractivity contribution >= 4 is 60.1 Å². The van der Waals surface area contributed by atoms with Gasteiger partial charge in [0.05, 0.1) is 27.9 Å². The maximum atomic E-state index is 10.7. The summed E-state index contributed by atoms with van der Waals surface area (Å²) in [6, 6.07) is 78.8. The molecule has 0 radical (unpaired) electrons. The van der Waals surface area contributed by atoms with Crippen LogP contribution in [0.2, 0.25) is 0 Å². The average molecular weight is 950 g/mol. The van der Waals surface area contributed by atoms with Gasteiger partial charge in [0.25, 0.3) is 0 Å². The maximum absolute atomic E-state index is 10.7. The van der Waals surface area contributed by atoms with Gasteiger partial charge in [0, 0.05) is 43.0 Å². The van der Waals surface area contributed by atoms with Crippen LogP contribution in [-0.2, 0) is 19.5 Å². The summed E-state index contributed by atoms with van der Waals surface area (Å²) in [6.07, 6.45) is 2.61. The van der Waals surface area contributed by atoms with Crippen LogP contribution in [0.15, 0.2) is 241 Å². The minimum absolute atomic E-state index is 0. The molecule has 0 aromatic heterocycles. The van der Waals surface area contributed by atoms with Crippen LogP contribution in [0.3, 0.4) is 0 Å². The third-order valence-corrected chi connectivity index (χ3v) is 16.4. The molecule has 0 amide bonds. The van der Waals surface area contributed by atoms with Crippen molar-refractivity contribution in [3.8, 4) is 0 Å². The van der Waals surface area contributed by atoms with Gasteiger partial charge in [-0.15, -0.1) is 0 Å². The first-order valence-electron chi connectivity index (χ1n) is 21.1. The number of aliphatic imine (C=N–C) groups is 2. The maximum Gasteiger partial charge on any atom is 0.111 e. The first-order chi connectivity index (χ1) is 30.5. The number of nitrogens with zero attached hydrogens (tertiary/aromatic N) is 2. The Bertz CT molecular complexity index is 2340. The molecule has 0 heterocycles. The van der Waals surface area contributed by atoms with Gasteiger partial charge >= 0.3 is 0 Å². The normalized spacial score (nSPS) is 13.2. The van der Waals surface area contributed by atoms with Gasteiger partial charge in [-0.2, -0.15) is 0 Å². The minimum atomic E-state index is -1.18. The fourth-order valence-electron chi connectivity index (χ4n) is 7.47. The van der Waals surface area contributed by atoms with Gasteiger partial charge in [0.2, 0.25) is 0 Å². The Morgan fingerprint density at radius 3 is 0.873 bits per heavy atom. The van der Waals surface area contributed by atoms with Gasteiger partial charge in [-0.1, -0.05) is 158 Å². The zero-order valence-corrected chi connectivity index (χ0v) is 39.3. The van der Waals surface area contributed by atoms with Gasteiger partial charge in [0.15, 0.2) is 0 Å². The molecule has 7 heteroatoms. The molecule has 8 aromatic carbocycles. The van der Waals surface area contributed by atoms with Crippen molar-refractivity contribution in [3.63, 3.8) is 0 Å². The number of hydrogen-bond acceptors (Lipinski definition) is 4. The predicted octanol–water partition coefficient (Wildman–Crippen LogP) is 9.43. The molecule has 0 aliphatic heterocycles. The molecule has 2 N–H and O–H groups in total. The monoisotopic (exact) mass is 950 g/mol. The Morgan fingerprint density at radius 2 is 0.587 bits per heavy atom. The second-order valence-corrected chi connectivity index (χ2v) is 20.0. The van der Waals surface area contributed by atoms with Crippen LogP contribution >= 0.6 is 15.8 Å². The summed E-state index contributed by atoms with van der Waals surface area (Å²) in [5.74, 6) is 0. The molecule has 0 fully saturated rings. The number of hydrogen-bond donors (Lipinski definition) is 2. The molecule has 0 aliphatic rings. The first kappa shape index (κ1) is 47.0. The van der Waals surface area contributed by atoms with Crippen LogP contribution in [0.25, 0.3) is 0 Å². The van der Waals surface area contributed by atoms with Crippen molar-refractivity contribution in [3.05, 3.63) is 253 Å². The molecule has 63 heavy (non-hydrogen) atoms. The fourth-order valence-corrected chi connectivity index (χ4v) is 12.9. The summed E-state index contributed by atoms with van der Waals surface area (Å²) >= 11 is 0. The summed E-state index contributed by atoms with van der Waals surface area (Å²) in [4.78, 5) is 9.48. The topological polar surface area (TPSA) is 65.2 Å². The molecule has 0 bridgehead atoms. The van der Waals surface area contributed by atoms with E-state index < -0.39 is 28.1 Å². The van der Waals surface area contributed by atoms with E-state index in [9.17, 15) is 10.2 Å². The van der Waals surface area contributed by atoms with E-state index in [1.54, 1.807) is 0 Å². The van der Waals surface area contributed by atoms with Gasteiger partial charge in [-0.25, -0.2) is 0 Å². The Balaban J connectivity index is 0.000000206. The van der Waals surface area contributed by atoms with Crippen LogP contribution in [-0.4, -0.2) is 34.7 Å². The van der Waals surface area contributed by atoms with E-state index in [2.05, 4.69) is 170 Å². The van der Waals surface area contributed by atoms with Crippen molar-refractivity contribution in [2.45, 2.75) is 38.1 Å². The van der Waals surface area contributed by atoms with Crippen LogP contribution in [0, 0.1) is 0 Å². The van der Waals surface area contributed by atoms with Crippen molar-refractivity contribution in [1.29, 1.82) is 0 Å². The molecule has 8 aromatic rings. The third kappa shape index (κ3) is 12.8. The van der Waals surface area contributed by atoms with Gasteiger partial charge in [-0.3, -0.25) is 9.98 Å². The molecular formula is C56H54N2O2P2Ru+2. The molecule has 0 spiro atoms.